The van der Waals surface area contributed by atoms with Crippen molar-refractivity contribution >= 4 is 39.5 Å². The van der Waals surface area contributed by atoms with E-state index in [-0.39, 0.29) is 82.6 Å². The average Bonchev–Trinajstić information content (AvgIpc) is 0.919. The van der Waals surface area contributed by atoms with E-state index in [0.29, 0.717) is 38.5 Å². The zero-order valence-corrected chi connectivity index (χ0v) is 70.7. The summed E-state index contributed by atoms with van der Waals surface area (Å²) in [6, 6.07) is -2.21. The summed E-state index contributed by atoms with van der Waals surface area (Å²) in [7, 11) is -9.37. The van der Waals surface area contributed by atoms with Gasteiger partial charge >= 0.3 is 33.6 Å². The zero-order valence-electron chi connectivity index (χ0n) is 68.9. The van der Waals surface area contributed by atoms with Crippen LogP contribution in [0.1, 0.15) is 414 Å². The second-order valence-corrected chi connectivity index (χ2v) is 33.1. The highest BCUT2D eigenvalue weighted by Gasteiger charge is 2.27. The third kappa shape index (κ3) is 74.5. The quantitative estimate of drug-likeness (QED) is 0.0129. The number of phosphoric ester groups is 2. The Morgan fingerprint density at radius 1 is 0.321 bits per heavy atom. The molecule has 0 bridgehead atoms. The number of esters is 2. The molecule has 0 fully saturated rings. The molecule has 0 heterocycles. The summed E-state index contributed by atoms with van der Waals surface area (Å²) in [6.07, 6.45) is 59.7. The number of carbonyl (C=O) groups excluding carboxylic acids is 4. The van der Waals surface area contributed by atoms with Crippen LogP contribution in [0.4, 0.5) is 4.79 Å². The molecule has 0 spiro atoms. The standard InChI is InChI=1S/C83H166N4O17P2/c1-7-13-19-25-29-33-35-39-41-47-53-59-79(88)86-75(71-97-67-63-77(57-51-45-23-17-11-5)103-81(90)61-55-49-43-37-31-27-21-15-9-3)73-101-105(93,94)99-69-65-84-83(92)85-66-70-100-106(95,96)102-74-76(87-80(89)60-54-48-42-40-36-34-30-26-20-14-8-2)72-98-68-64-78(58-52-46-24-18-12-6)104-82(91)62-56-50-44-38-32-28-22-16-10-4/h75-79,86,88H,7-74H2,1-6H3,(H,87,89)(H,93,94)(H,95,96)(H2,84,85,92). The Hall–Kier alpha value is -2.26. The Kier molecular flexibility index (Phi) is 76.4. The van der Waals surface area contributed by atoms with Crippen LogP contribution in [0.2, 0.25) is 0 Å². The summed E-state index contributed by atoms with van der Waals surface area (Å²) in [5.74, 6) is -0.600. The second-order valence-electron chi connectivity index (χ2n) is 30.1. The summed E-state index contributed by atoms with van der Waals surface area (Å²) in [6.45, 7) is 11.8. The molecule has 0 saturated carbocycles. The molecule has 0 aliphatic rings. The van der Waals surface area contributed by atoms with Gasteiger partial charge in [0.25, 0.3) is 0 Å². The number of rotatable bonds is 85. The smallest absolute Gasteiger partial charge is 0.462 e. The molecular formula is C83H166N4O17P2. The Balaban J connectivity index is 5.56. The fraction of sp³-hybridized carbons (Fsp3) is 0.952. The first kappa shape index (κ1) is 104. The minimum Gasteiger partial charge on any atom is -0.462 e. The predicted molar refractivity (Wildman–Crippen MR) is 433 cm³/mol. The van der Waals surface area contributed by atoms with Crippen LogP contribution in [-0.2, 0) is 60.6 Å². The third-order valence-electron chi connectivity index (χ3n) is 19.7. The van der Waals surface area contributed by atoms with E-state index in [1.807, 2.05) is 0 Å². The number of aliphatic hydroxyl groups is 1. The van der Waals surface area contributed by atoms with Crippen molar-refractivity contribution in [1.29, 1.82) is 0 Å². The fourth-order valence-corrected chi connectivity index (χ4v) is 14.6. The van der Waals surface area contributed by atoms with Gasteiger partial charge in [-0.05, 0) is 57.8 Å². The molecule has 0 saturated heterocycles. The van der Waals surface area contributed by atoms with Gasteiger partial charge in [-0.2, -0.15) is 0 Å². The molecule has 0 rings (SSSR count). The highest BCUT2D eigenvalue weighted by molar-refractivity contribution is 7.47. The van der Waals surface area contributed by atoms with E-state index < -0.39 is 59.8 Å². The molecule has 0 aliphatic heterocycles. The molecule has 0 aliphatic carbocycles. The van der Waals surface area contributed by atoms with Gasteiger partial charge in [0.15, 0.2) is 0 Å². The van der Waals surface area contributed by atoms with Gasteiger partial charge in [-0.15, -0.1) is 0 Å². The molecule has 0 aromatic rings. The van der Waals surface area contributed by atoms with Crippen molar-refractivity contribution in [3.63, 3.8) is 0 Å². The first-order valence-corrected chi connectivity index (χ1v) is 47.1. The van der Waals surface area contributed by atoms with Gasteiger partial charge in [-0.1, -0.05) is 324 Å². The predicted octanol–water partition coefficient (Wildman–Crippen LogP) is 21.9. The van der Waals surface area contributed by atoms with Gasteiger partial charge in [-0.25, -0.2) is 13.9 Å². The van der Waals surface area contributed by atoms with E-state index >= 15 is 0 Å². The highest BCUT2D eigenvalue weighted by Crippen LogP contribution is 2.44. The molecule has 630 valence electrons. The number of carbonyl (C=O) groups is 4. The molecule has 21 nitrogen and oxygen atoms in total. The lowest BCUT2D eigenvalue weighted by atomic mass is 10.0. The molecule has 0 aromatic carbocycles. The first-order chi connectivity index (χ1) is 51.5. The summed E-state index contributed by atoms with van der Waals surface area (Å²) in [5.41, 5.74) is 0. The second kappa shape index (κ2) is 78.0. The van der Waals surface area contributed by atoms with Crippen LogP contribution in [0.15, 0.2) is 0 Å². The zero-order chi connectivity index (χ0) is 77.8. The van der Waals surface area contributed by atoms with Gasteiger partial charge in [0.1, 0.15) is 18.4 Å². The van der Waals surface area contributed by atoms with E-state index in [1.54, 1.807) is 0 Å². The van der Waals surface area contributed by atoms with Gasteiger partial charge < -0.3 is 49.8 Å². The van der Waals surface area contributed by atoms with Crippen molar-refractivity contribution in [1.82, 2.24) is 21.3 Å². The molecule has 23 heteroatoms. The maximum atomic E-state index is 13.3. The van der Waals surface area contributed by atoms with Crippen LogP contribution in [0.25, 0.3) is 0 Å². The number of ether oxygens (including phenoxy) is 4. The fourth-order valence-electron chi connectivity index (χ4n) is 13.0. The van der Waals surface area contributed by atoms with Crippen molar-refractivity contribution in [2.75, 3.05) is 65.9 Å². The molecule has 0 radical (unpaired) electrons. The molecule has 3 amide bonds. The minimum atomic E-state index is -4.70. The lowest BCUT2D eigenvalue weighted by molar-refractivity contribution is -0.151. The number of phosphoric acid groups is 2. The number of hydrogen-bond acceptors (Lipinski definition) is 16. The Morgan fingerprint density at radius 2 is 0.604 bits per heavy atom. The van der Waals surface area contributed by atoms with Crippen molar-refractivity contribution < 1.29 is 80.2 Å². The first-order valence-electron chi connectivity index (χ1n) is 44.1. The maximum Gasteiger partial charge on any atom is 0.472 e. The lowest BCUT2D eigenvalue weighted by Gasteiger charge is -2.24. The molecular weight excluding hydrogens is 1390 g/mol. The monoisotopic (exact) mass is 1550 g/mol. The van der Waals surface area contributed by atoms with Crippen LogP contribution < -0.4 is 21.3 Å². The van der Waals surface area contributed by atoms with Crippen LogP contribution in [0.3, 0.4) is 0 Å². The molecule has 7 N–H and O–H groups in total. The third-order valence-corrected chi connectivity index (χ3v) is 21.6. The Bertz CT molecular complexity index is 2060. The Morgan fingerprint density at radius 3 is 0.943 bits per heavy atom. The Labute approximate surface area is 648 Å². The number of aliphatic hydroxyl groups excluding tert-OH is 1. The van der Waals surface area contributed by atoms with E-state index in [2.05, 4.69) is 62.8 Å². The van der Waals surface area contributed by atoms with Gasteiger partial charge in [0, 0.05) is 45.2 Å². The van der Waals surface area contributed by atoms with E-state index in [1.165, 1.54) is 167 Å². The van der Waals surface area contributed by atoms with Crippen LogP contribution in [0, 0.1) is 0 Å². The SMILES string of the molecule is CCCCCCCCCCCCCC(=O)NC(COCCC(CCCCCCC)OC(=O)CCCCCCCCCCC)COP(=O)(O)OCCNC(=O)NCCOP(=O)(O)OCC(COCCC(CCCCCCC)OC(=O)CCCCCCCCCCC)NC(O)CCCCCCCCCCCCC. The molecule has 7 atom stereocenters. The van der Waals surface area contributed by atoms with E-state index in [0.717, 1.165) is 161 Å². The molecule has 7 unspecified atom stereocenters. The van der Waals surface area contributed by atoms with Crippen LogP contribution in [-0.4, -0.2) is 135 Å². The number of urea groups is 1. The summed E-state index contributed by atoms with van der Waals surface area (Å²) < 4.78 is 71.8. The van der Waals surface area contributed by atoms with Gasteiger partial charge in [-0.3, -0.25) is 37.8 Å². The van der Waals surface area contributed by atoms with Crippen molar-refractivity contribution in [2.24, 2.45) is 0 Å². The van der Waals surface area contributed by atoms with Crippen molar-refractivity contribution in [2.45, 2.75) is 444 Å². The van der Waals surface area contributed by atoms with Crippen LogP contribution >= 0.6 is 15.6 Å². The maximum absolute atomic E-state index is 13.3. The number of hydrogen-bond donors (Lipinski definition) is 7. The number of nitrogens with one attached hydrogen (secondary N) is 4. The minimum absolute atomic E-state index is 0.0271. The average molecular weight is 1550 g/mol. The van der Waals surface area contributed by atoms with Crippen LogP contribution in [0.5, 0.6) is 0 Å². The summed E-state index contributed by atoms with van der Waals surface area (Å²) >= 11 is 0. The van der Waals surface area contributed by atoms with Crippen molar-refractivity contribution in [3.8, 4) is 0 Å². The number of unbranched alkanes of at least 4 members (excludes halogenated alkanes) is 44. The van der Waals surface area contributed by atoms with Crippen molar-refractivity contribution in [3.05, 3.63) is 0 Å². The van der Waals surface area contributed by atoms with Gasteiger partial charge in [0.05, 0.1) is 64.9 Å². The normalized spacial score (nSPS) is 14.3. The van der Waals surface area contributed by atoms with E-state index in [9.17, 15) is 43.2 Å². The lowest BCUT2D eigenvalue weighted by Crippen LogP contribution is -2.44. The summed E-state index contributed by atoms with van der Waals surface area (Å²) in [5, 5.41) is 22.2. The van der Waals surface area contributed by atoms with Gasteiger partial charge in [0.2, 0.25) is 5.91 Å². The molecule has 0 aromatic heterocycles. The topological polar surface area (TPSA) is 285 Å². The number of amides is 3. The summed E-state index contributed by atoms with van der Waals surface area (Å²) in [4.78, 5) is 73.6. The molecule has 106 heavy (non-hydrogen) atoms. The van der Waals surface area contributed by atoms with E-state index in [4.69, 9.17) is 37.0 Å². The highest BCUT2D eigenvalue weighted by atomic mass is 31.2. The largest absolute Gasteiger partial charge is 0.472 e.